The standard InChI is InChI=1S/C10H16O3/c1-13-10(12)4-6-2-3-9(11)8-5-7(6)8/h6-9,11H,2-5H2,1H3. The molecule has 3 nitrogen and oxygen atoms in total. The van der Waals surface area contributed by atoms with Crippen molar-refractivity contribution in [2.75, 3.05) is 7.11 Å². The highest BCUT2D eigenvalue weighted by atomic mass is 16.5. The van der Waals surface area contributed by atoms with Gasteiger partial charge in [-0.2, -0.15) is 0 Å². The van der Waals surface area contributed by atoms with Gasteiger partial charge in [0.05, 0.1) is 13.2 Å². The molecular weight excluding hydrogens is 168 g/mol. The second kappa shape index (κ2) is 3.29. The van der Waals surface area contributed by atoms with Crippen molar-refractivity contribution in [1.29, 1.82) is 0 Å². The van der Waals surface area contributed by atoms with E-state index in [9.17, 15) is 9.90 Å². The molecule has 0 aliphatic heterocycles. The molecule has 0 radical (unpaired) electrons. The van der Waals surface area contributed by atoms with Gasteiger partial charge in [0.1, 0.15) is 0 Å². The first-order valence-electron chi connectivity index (χ1n) is 4.97. The quantitative estimate of drug-likeness (QED) is 0.650. The molecule has 0 bridgehead atoms. The highest BCUT2D eigenvalue weighted by Crippen LogP contribution is 2.53. The minimum Gasteiger partial charge on any atom is -0.469 e. The van der Waals surface area contributed by atoms with Crippen LogP contribution in [0.25, 0.3) is 0 Å². The van der Waals surface area contributed by atoms with Gasteiger partial charge in [0, 0.05) is 6.42 Å². The smallest absolute Gasteiger partial charge is 0.305 e. The predicted molar refractivity (Wildman–Crippen MR) is 47.0 cm³/mol. The fraction of sp³-hybridized carbons (Fsp3) is 0.900. The molecule has 2 saturated carbocycles. The molecule has 2 rings (SSSR count). The summed E-state index contributed by atoms with van der Waals surface area (Å²) < 4.78 is 4.65. The summed E-state index contributed by atoms with van der Waals surface area (Å²) in [4.78, 5) is 11.0. The Balaban J connectivity index is 1.85. The van der Waals surface area contributed by atoms with Gasteiger partial charge in [-0.3, -0.25) is 4.79 Å². The minimum absolute atomic E-state index is 0.0982. The van der Waals surface area contributed by atoms with Gasteiger partial charge in [-0.25, -0.2) is 0 Å². The van der Waals surface area contributed by atoms with Crippen LogP contribution in [0.3, 0.4) is 0 Å². The Kier molecular flexibility index (Phi) is 2.28. The Labute approximate surface area is 78.1 Å². The SMILES string of the molecule is COC(=O)CC1CCC(O)C2CC12. The molecule has 4 atom stereocenters. The Morgan fingerprint density at radius 1 is 1.46 bits per heavy atom. The van der Waals surface area contributed by atoms with Gasteiger partial charge in [-0.05, 0) is 37.0 Å². The normalized spacial score (nSPS) is 42.3. The number of ether oxygens (including phenoxy) is 1. The molecule has 0 heterocycles. The number of carbonyl (C=O) groups excluding carboxylic acids is 1. The van der Waals surface area contributed by atoms with Crippen LogP contribution in [-0.2, 0) is 9.53 Å². The van der Waals surface area contributed by atoms with Crippen molar-refractivity contribution in [2.45, 2.75) is 31.8 Å². The summed E-state index contributed by atoms with van der Waals surface area (Å²) in [5.74, 6) is 1.46. The molecule has 74 valence electrons. The molecule has 0 amide bonds. The van der Waals surface area contributed by atoms with E-state index < -0.39 is 0 Å². The van der Waals surface area contributed by atoms with Gasteiger partial charge in [-0.15, -0.1) is 0 Å². The molecule has 2 aliphatic carbocycles. The fourth-order valence-electron chi connectivity index (χ4n) is 2.58. The van der Waals surface area contributed by atoms with Crippen LogP contribution in [0.2, 0.25) is 0 Å². The van der Waals surface area contributed by atoms with Crippen molar-refractivity contribution in [3.8, 4) is 0 Å². The maximum Gasteiger partial charge on any atom is 0.305 e. The fourth-order valence-corrected chi connectivity index (χ4v) is 2.58. The monoisotopic (exact) mass is 184 g/mol. The van der Waals surface area contributed by atoms with E-state index in [0.717, 1.165) is 19.3 Å². The van der Waals surface area contributed by atoms with Crippen molar-refractivity contribution in [3.05, 3.63) is 0 Å². The second-order valence-electron chi connectivity index (χ2n) is 4.25. The van der Waals surface area contributed by atoms with Crippen LogP contribution < -0.4 is 0 Å². The van der Waals surface area contributed by atoms with Gasteiger partial charge >= 0.3 is 5.97 Å². The van der Waals surface area contributed by atoms with E-state index in [1.807, 2.05) is 0 Å². The number of esters is 1. The van der Waals surface area contributed by atoms with Crippen molar-refractivity contribution in [3.63, 3.8) is 0 Å². The number of aliphatic hydroxyl groups excluding tert-OH is 1. The highest BCUT2D eigenvalue weighted by molar-refractivity contribution is 5.69. The van der Waals surface area contributed by atoms with Gasteiger partial charge in [-0.1, -0.05) is 0 Å². The average Bonchev–Trinajstić information content (AvgIpc) is 2.90. The lowest BCUT2D eigenvalue weighted by atomic mass is 9.85. The van der Waals surface area contributed by atoms with E-state index in [0.29, 0.717) is 24.2 Å². The summed E-state index contributed by atoms with van der Waals surface area (Å²) in [6.07, 6.45) is 3.41. The number of carbonyl (C=O) groups is 1. The van der Waals surface area contributed by atoms with Gasteiger partial charge in [0.2, 0.25) is 0 Å². The van der Waals surface area contributed by atoms with E-state index in [1.165, 1.54) is 7.11 Å². The molecule has 2 fully saturated rings. The maximum atomic E-state index is 11.0. The van der Waals surface area contributed by atoms with Crippen LogP contribution in [0, 0.1) is 17.8 Å². The number of aliphatic hydroxyl groups is 1. The molecule has 0 spiro atoms. The second-order valence-corrected chi connectivity index (χ2v) is 4.25. The van der Waals surface area contributed by atoms with E-state index in [-0.39, 0.29) is 12.1 Å². The summed E-state index contributed by atoms with van der Waals surface area (Å²) in [7, 11) is 1.43. The molecule has 13 heavy (non-hydrogen) atoms. The lowest BCUT2D eigenvalue weighted by Crippen LogP contribution is -2.23. The third kappa shape index (κ3) is 1.70. The topological polar surface area (TPSA) is 46.5 Å². The molecule has 0 saturated heterocycles. The lowest BCUT2D eigenvalue weighted by Gasteiger charge is -2.23. The summed E-state index contributed by atoms with van der Waals surface area (Å²) in [6, 6.07) is 0. The zero-order valence-electron chi connectivity index (χ0n) is 7.90. The van der Waals surface area contributed by atoms with Crippen LogP contribution in [-0.4, -0.2) is 24.3 Å². The zero-order valence-corrected chi connectivity index (χ0v) is 7.90. The first-order valence-corrected chi connectivity index (χ1v) is 4.97. The molecule has 1 N–H and O–H groups in total. The third-order valence-electron chi connectivity index (χ3n) is 3.48. The number of methoxy groups -OCH3 is 1. The Bertz CT molecular complexity index is 214. The van der Waals surface area contributed by atoms with Gasteiger partial charge < -0.3 is 9.84 Å². The largest absolute Gasteiger partial charge is 0.469 e. The summed E-state index contributed by atoms with van der Waals surface area (Å²) in [5, 5.41) is 9.51. The van der Waals surface area contributed by atoms with Crippen molar-refractivity contribution >= 4 is 5.97 Å². The molecular formula is C10H16O3. The van der Waals surface area contributed by atoms with Gasteiger partial charge in [0.25, 0.3) is 0 Å². The van der Waals surface area contributed by atoms with Gasteiger partial charge in [0.15, 0.2) is 0 Å². The molecule has 2 aliphatic rings. The maximum absolute atomic E-state index is 11.0. The minimum atomic E-state index is -0.105. The Morgan fingerprint density at radius 2 is 2.23 bits per heavy atom. The first-order chi connectivity index (χ1) is 6.22. The molecule has 3 heteroatoms. The van der Waals surface area contributed by atoms with Crippen LogP contribution in [0.15, 0.2) is 0 Å². The van der Waals surface area contributed by atoms with Crippen LogP contribution in [0.4, 0.5) is 0 Å². The highest BCUT2D eigenvalue weighted by Gasteiger charge is 2.50. The van der Waals surface area contributed by atoms with Crippen molar-refractivity contribution in [2.24, 2.45) is 17.8 Å². The van der Waals surface area contributed by atoms with Crippen LogP contribution in [0.1, 0.15) is 25.7 Å². The van der Waals surface area contributed by atoms with Crippen LogP contribution >= 0.6 is 0 Å². The predicted octanol–water partition coefficient (Wildman–Crippen LogP) is 0.956. The van der Waals surface area contributed by atoms with Crippen molar-refractivity contribution < 1.29 is 14.6 Å². The van der Waals surface area contributed by atoms with E-state index in [2.05, 4.69) is 4.74 Å². The Morgan fingerprint density at radius 3 is 2.92 bits per heavy atom. The summed E-state index contributed by atoms with van der Waals surface area (Å²) in [5.41, 5.74) is 0. The van der Waals surface area contributed by atoms with E-state index >= 15 is 0 Å². The molecule has 4 unspecified atom stereocenters. The third-order valence-corrected chi connectivity index (χ3v) is 3.48. The zero-order chi connectivity index (χ0) is 9.42. The first kappa shape index (κ1) is 9.00. The number of hydrogen-bond donors (Lipinski definition) is 1. The molecule has 0 aromatic rings. The number of hydrogen-bond acceptors (Lipinski definition) is 3. The average molecular weight is 184 g/mol. The Hall–Kier alpha value is -0.570. The van der Waals surface area contributed by atoms with E-state index in [1.54, 1.807) is 0 Å². The number of rotatable bonds is 2. The van der Waals surface area contributed by atoms with E-state index in [4.69, 9.17) is 0 Å². The number of fused-ring (bicyclic) bond motifs is 1. The molecule has 0 aromatic carbocycles. The summed E-state index contributed by atoms with van der Waals surface area (Å²) in [6.45, 7) is 0. The van der Waals surface area contributed by atoms with Crippen molar-refractivity contribution in [1.82, 2.24) is 0 Å². The summed E-state index contributed by atoms with van der Waals surface area (Å²) >= 11 is 0. The lowest BCUT2D eigenvalue weighted by molar-refractivity contribution is -0.142. The molecule has 0 aromatic heterocycles. The van der Waals surface area contributed by atoms with Crippen LogP contribution in [0.5, 0.6) is 0 Å².